The van der Waals surface area contributed by atoms with Crippen molar-refractivity contribution in [3.05, 3.63) is 54.0 Å². The highest BCUT2D eigenvalue weighted by Gasteiger charge is 2.17. The van der Waals surface area contributed by atoms with Crippen LogP contribution in [0.2, 0.25) is 0 Å². The number of phenols is 1. The maximum absolute atomic E-state index is 13.0. The molecular weight excluding hydrogens is 311 g/mol. The van der Waals surface area contributed by atoms with Gasteiger partial charge in [0.1, 0.15) is 28.8 Å². The SMILES string of the molecule is CCc1cc(-c2n[nH]cc2Oc2ccc(F)cc2)c(O)cc1OC. The molecule has 24 heavy (non-hydrogen) atoms. The minimum absolute atomic E-state index is 0.0418. The van der Waals surface area contributed by atoms with Gasteiger partial charge in [0.25, 0.3) is 0 Å². The van der Waals surface area contributed by atoms with Crippen molar-refractivity contribution in [2.24, 2.45) is 0 Å². The molecular formula is C18H17FN2O3. The summed E-state index contributed by atoms with van der Waals surface area (Å²) in [6.07, 6.45) is 2.32. The second kappa shape index (κ2) is 6.62. The number of hydrogen-bond acceptors (Lipinski definition) is 4. The second-order valence-corrected chi connectivity index (χ2v) is 5.19. The molecule has 0 aliphatic heterocycles. The molecule has 0 unspecified atom stereocenters. The number of phenolic OH excluding ortho intramolecular Hbond substituents is 1. The number of halogens is 1. The van der Waals surface area contributed by atoms with E-state index >= 15 is 0 Å². The van der Waals surface area contributed by atoms with Crippen LogP contribution in [0.15, 0.2) is 42.6 Å². The van der Waals surface area contributed by atoms with E-state index in [2.05, 4.69) is 10.2 Å². The number of aromatic amines is 1. The number of hydrogen-bond donors (Lipinski definition) is 2. The highest BCUT2D eigenvalue weighted by Crippen LogP contribution is 2.39. The van der Waals surface area contributed by atoms with Gasteiger partial charge in [0.2, 0.25) is 0 Å². The first-order valence-corrected chi connectivity index (χ1v) is 7.49. The monoisotopic (exact) mass is 328 g/mol. The first-order valence-electron chi connectivity index (χ1n) is 7.49. The smallest absolute Gasteiger partial charge is 0.173 e. The third kappa shape index (κ3) is 3.03. The average Bonchev–Trinajstić information content (AvgIpc) is 3.04. The zero-order chi connectivity index (χ0) is 17.1. The van der Waals surface area contributed by atoms with Crippen LogP contribution >= 0.6 is 0 Å². The Morgan fingerprint density at radius 1 is 1.17 bits per heavy atom. The van der Waals surface area contributed by atoms with E-state index in [0.29, 0.717) is 28.5 Å². The molecule has 0 aliphatic carbocycles. The molecule has 0 aliphatic rings. The fourth-order valence-corrected chi connectivity index (χ4v) is 2.45. The fraction of sp³-hybridized carbons (Fsp3) is 0.167. The molecule has 3 aromatic rings. The Hall–Kier alpha value is -3.02. The largest absolute Gasteiger partial charge is 0.507 e. The van der Waals surface area contributed by atoms with Crippen LogP contribution in [0.3, 0.4) is 0 Å². The van der Waals surface area contributed by atoms with Crippen molar-refractivity contribution in [2.45, 2.75) is 13.3 Å². The van der Waals surface area contributed by atoms with Crippen molar-refractivity contribution in [1.29, 1.82) is 0 Å². The van der Waals surface area contributed by atoms with E-state index in [4.69, 9.17) is 9.47 Å². The van der Waals surface area contributed by atoms with Crippen LogP contribution in [0.25, 0.3) is 11.3 Å². The van der Waals surface area contributed by atoms with Gasteiger partial charge in [-0.05, 0) is 42.3 Å². The van der Waals surface area contributed by atoms with Crippen LogP contribution in [-0.4, -0.2) is 22.4 Å². The summed E-state index contributed by atoms with van der Waals surface area (Å²) in [5.41, 5.74) is 1.95. The molecule has 6 heteroatoms. The van der Waals surface area contributed by atoms with Crippen molar-refractivity contribution in [3.8, 4) is 34.3 Å². The lowest BCUT2D eigenvalue weighted by atomic mass is 10.0. The number of nitrogens with one attached hydrogen (secondary N) is 1. The summed E-state index contributed by atoms with van der Waals surface area (Å²) in [5.74, 6) is 1.23. The lowest BCUT2D eigenvalue weighted by Gasteiger charge is -2.12. The number of rotatable bonds is 5. The summed E-state index contributed by atoms with van der Waals surface area (Å²) in [6, 6.07) is 9.06. The number of H-pyrrole nitrogens is 1. The second-order valence-electron chi connectivity index (χ2n) is 5.19. The van der Waals surface area contributed by atoms with Gasteiger partial charge in [-0.2, -0.15) is 5.10 Å². The first-order chi connectivity index (χ1) is 11.6. The molecule has 0 bridgehead atoms. The molecule has 1 heterocycles. The summed E-state index contributed by atoms with van der Waals surface area (Å²) in [7, 11) is 1.56. The van der Waals surface area contributed by atoms with Crippen LogP contribution in [0.5, 0.6) is 23.0 Å². The van der Waals surface area contributed by atoms with Gasteiger partial charge in [-0.25, -0.2) is 4.39 Å². The third-order valence-corrected chi connectivity index (χ3v) is 3.68. The molecule has 124 valence electrons. The molecule has 1 aromatic heterocycles. The Labute approximate surface area is 138 Å². The van der Waals surface area contributed by atoms with Crippen molar-refractivity contribution >= 4 is 0 Å². The molecule has 0 saturated carbocycles. The normalized spacial score (nSPS) is 10.6. The number of ether oxygens (including phenoxy) is 2. The van der Waals surface area contributed by atoms with E-state index in [9.17, 15) is 9.50 Å². The number of nitrogens with zero attached hydrogens (tertiary/aromatic N) is 1. The third-order valence-electron chi connectivity index (χ3n) is 3.68. The predicted molar refractivity (Wildman–Crippen MR) is 88.1 cm³/mol. The predicted octanol–water partition coefficient (Wildman–Crippen LogP) is 4.28. The molecule has 0 radical (unpaired) electrons. The molecule has 3 rings (SSSR count). The van der Waals surface area contributed by atoms with E-state index < -0.39 is 0 Å². The zero-order valence-corrected chi connectivity index (χ0v) is 13.3. The lowest BCUT2D eigenvalue weighted by molar-refractivity contribution is 0.403. The molecule has 0 atom stereocenters. The van der Waals surface area contributed by atoms with Crippen LogP contribution in [0, 0.1) is 5.82 Å². The van der Waals surface area contributed by atoms with Crippen LogP contribution in [-0.2, 0) is 6.42 Å². The van der Waals surface area contributed by atoms with E-state index in [1.165, 1.54) is 24.3 Å². The zero-order valence-electron chi connectivity index (χ0n) is 13.3. The summed E-state index contributed by atoms with van der Waals surface area (Å²) in [5, 5.41) is 17.2. The van der Waals surface area contributed by atoms with Crippen LogP contribution in [0.4, 0.5) is 4.39 Å². The number of aryl methyl sites for hydroxylation is 1. The van der Waals surface area contributed by atoms with Gasteiger partial charge in [-0.15, -0.1) is 0 Å². The highest BCUT2D eigenvalue weighted by molar-refractivity contribution is 5.74. The van der Waals surface area contributed by atoms with Gasteiger partial charge in [0, 0.05) is 11.6 Å². The molecule has 2 aromatic carbocycles. The number of benzene rings is 2. The van der Waals surface area contributed by atoms with Gasteiger partial charge in [-0.1, -0.05) is 6.92 Å². The van der Waals surface area contributed by atoms with Crippen molar-refractivity contribution in [1.82, 2.24) is 10.2 Å². The molecule has 0 amide bonds. The van der Waals surface area contributed by atoms with E-state index in [-0.39, 0.29) is 11.6 Å². The van der Waals surface area contributed by atoms with Gasteiger partial charge < -0.3 is 14.6 Å². The Balaban J connectivity index is 1.99. The topological polar surface area (TPSA) is 67.4 Å². The van der Waals surface area contributed by atoms with Crippen molar-refractivity contribution in [3.63, 3.8) is 0 Å². The minimum Gasteiger partial charge on any atom is -0.507 e. The van der Waals surface area contributed by atoms with Crippen molar-refractivity contribution < 1.29 is 19.0 Å². The summed E-state index contributed by atoms with van der Waals surface area (Å²) < 4.78 is 24.0. The summed E-state index contributed by atoms with van der Waals surface area (Å²) in [6.45, 7) is 2.00. The molecule has 2 N–H and O–H groups in total. The van der Waals surface area contributed by atoms with E-state index in [1.807, 2.05) is 13.0 Å². The summed E-state index contributed by atoms with van der Waals surface area (Å²) in [4.78, 5) is 0. The molecule has 0 saturated heterocycles. The van der Waals surface area contributed by atoms with Crippen LogP contribution in [0.1, 0.15) is 12.5 Å². The minimum atomic E-state index is -0.338. The molecule has 0 fully saturated rings. The Morgan fingerprint density at radius 2 is 1.92 bits per heavy atom. The van der Waals surface area contributed by atoms with Gasteiger partial charge in [0.15, 0.2) is 5.75 Å². The van der Waals surface area contributed by atoms with Crippen LogP contribution < -0.4 is 9.47 Å². The number of methoxy groups -OCH3 is 1. The van der Waals surface area contributed by atoms with Crippen molar-refractivity contribution in [2.75, 3.05) is 7.11 Å². The first kappa shape index (κ1) is 15.9. The van der Waals surface area contributed by atoms with E-state index in [0.717, 1.165) is 12.0 Å². The quantitative estimate of drug-likeness (QED) is 0.733. The molecule has 0 spiro atoms. The standard InChI is InChI=1S/C18H17FN2O3/c1-3-11-8-14(15(22)9-16(11)23-2)18-17(10-20-21-18)24-13-6-4-12(19)5-7-13/h4-10,22H,3H2,1-2H3,(H,20,21). The fourth-order valence-electron chi connectivity index (χ4n) is 2.45. The number of aromatic nitrogens is 2. The Morgan fingerprint density at radius 3 is 2.58 bits per heavy atom. The van der Waals surface area contributed by atoms with Gasteiger partial charge in [-0.3, -0.25) is 5.10 Å². The Bertz CT molecular complexity index is 844. The average molecular weight is 328 g/mol. The number of aromatic hydroxyl groups is 1. The van der Waals surface area contributed by atoms with Gasteiger partial charge in [0.05, 0.1) is 13.3 Å². The maximum Gasteiger partial charge on any atom is 0.173 e. The van der Waals surface area contributed by atoms with Gasteiger partial charge >= 0.3 is 0 Å². The van der Waals surface area contributed by atoms with E-state index in [1.54, 1.807) is 19.4 Å². The Kier molecular flexibility index (Phi) is 4.37. The summed E-state index contributed by atoms with van der Waals surface area (Å²) >= 11 is 0. The highest BCUT2D eigenvalue weighted by atomic mass is 19.1. The lowest BCUT2D eigenvalue weighted by Crippen LogP contribution is -1.93. The molecule has 5 nitrogen and oxygen atoms in total. The maximum atomic E-state index is 13.0.